The van der Waals surface area contributed by atoms with E-state index < -0.39 is 0 Å². The van der Waals surface area contributed by atoms with Gasteiger partial charge < -0.3 is 10.0 Å². The second-order valence-corrected chi connectivity index (χ2v) is 6.11. The zero-order valence-corrected chi connectivity index (χ0v) is 12.5. The van der Waals surface area contributed by atoms with Gasteiger partial charge in [0, 0.05) is 24.0 Å². The number of nitriles is 1. The van der Waals surface area contributed by atoms with Crippen molar-refractivity contribution in [3.63, 3.8) is 0 Å². The third-order valence-corrected chi connectivity index (χ3v) is 4.25. The molecule has 0 aliphatic heterocycles. The largest absolute Gasteiger partial charge is 0.393 e. The highest BCUT2D eigenvalue weighted by atomic mass is 35.5. The normalized spacial score (nSPS) is 20.9. The molecule has 1 aromatic carbocycles. The summed E-state index contributed by atoms with van der Waals surface area (Å²) in [6.07, 6.45) is 1.54. The number of hydrogen-bond acceptors (Lipinski definition) is 4. The number of aliphatic hydroxyl groups excluding tert-OH is 1. The van der Waals surface area contributed by atoms with Crippen LogP contribution in [0, 0.1) is 17.2 Å². The molecule has 1 saturated carbocycles. The van der Waals surface area contributed by atoms with Crippen molar-refractivity contribution in [3.8, 4) is 6.07 Å². The first-order valence-corrected chi connectivity index (χ1v) is 7.34. The summed E-state index contributed by atoms with van der Waals surface area (Å²) in [6.45, 7) is 0.841. The number of halogens is 1. The van der Waals surface area contributed by atoms with Crippen molar-refractivity contribution < 1.29 is 5.11 Å². The lowest BCUT2D eigenvalue weighted by Crippen LogP contribution is -2.37. The lowest BCUT2D eigenvalue weighted by atomic mass is 9.82. The Labute approximate surface area is 128 Å². The van der Waals surface area contributed by atoms with E-state index in [2.05, 4.69) is 11.1 Å². The predicted molar refractivity (Wildman–Crippen MR) is 83.5 cm³/mol. The molecule has 1 fully saturated rings. The standard InChI is InChI=1S/C16H16ClN3O/c1-20(9-10-4-13(21)5-10)16-6-11(8-18)14-7-12(17)2-3-15(14)19-16/h2-3,6-7,10,13,21H,4-5,9H2,1H3. The fraction of sp³-hybridized carbons (Fsp3) is 0.375. The average molecular weight is 302 g/mol. The monoisotopic (exact) mass is 301 g/mol. The van der Waals surface area contributed by atoms with Gasteiger partial charge in [0.05, 0.1) is 23.3 Å². The molecule has 0 atom stereocenters. The molecule has 5 heteroatoms. The molecule has 4 nitrogen and oxygen atoms in total. The molecule has 21 heavy (non-hydrogen) atoms. The van der Waals surface area contributed by atoms with Crippen LogP contribution in [0.4, 0.5) is 5.82 Å². The van der Waals surface area contributed by atoms with E-state index in [0.29, 0.717) is 16.5 Å². The molecule has 0 unspecified atom stereocenters. The topological polar surface area (TPSA) is 60.1 Å². The molecule has 1 aliphatic rings. The second-order valence-electron chi connectivity index (χ2n) is 5.67. The van der Waals surface area contributed by atoms with Crippen LogP contribution in [-0.2, 0) is 0 Å². The van der Waals surface area contributed by atoms with Crippen LogP contribution in [-0.4, -0.2) is 29.8 Å². The second kappa shape index (κ2) is 5.51. The van der Waals surface area contributed by atoms with Crippen LogP contribution in [0.5, 0.6) is 0 Å². The van der Waals surface area contributed by atoms with Crippen LogP contribution in [0.15, 0.2) is 24.3 Å². The highest BCUT2D eigenvalue weighted by Crippen LogP contribution is 2.30. The minimum absolute atomic E-state index is 0.148. The van der Waals surface area contributed by atoms with Crippen molar-refractivity contribution in [2.75, 3.05) is 18.5 Å². The quantitative estimate of drug-likeness (QED) is 0.947. The first-order valence-electron chi connectivity index (χ1n) is 6.96. The first kappa shape index (κ1) is 14.1. The van der Waals surface area contributed by atoms with E-state index in [1.54, 1.807) is 18.2 Å². The SMILES string of the molecule is CN(CC1CC(O)C1)c1cc(C#N)c2cc(Cl)ccc2n1. The number of rotatable bonds is 3. The van der Waals surface area contributed by atoms with E-state index in [0.717, 1.165) is 36.1 Å². The summed E-state index contributed by atoms with van der Waals surface area (Å²) in [5.74, 6) is 1.28. The number of aliphatic hydroxyl groups is 1. The van der Waals surface area contributed by atoms with Gasteiger partial charge in [-0.2, -0.15) is 5.26 Å². The van der Waals surface area contributed by atoms with Gasteiger partial charge in [-0.05, 0) is 43.0 Å². The summed E-state index contributed by atoms with van der Waals surface area (Å²) in [5, 5.41) is 20.1. The van der Waals surface area contributed by atoms with Crippen molar-refractivity contribution in [2.45, 2.75) is 18.9 Å². The summed E-state index contributed by atoms with van der Waals surface area (Å²) in [7, 11) is 1.97. The Morgan fingerprint density at radius 1 is 1.43 bits per heavy atom. The van der Waals surface area contributed by atoms with Crippen LogP contribution >= 0.6 is 11.6 Å². The van der Waals surface area contributed by atoms with Crippen LogP contribution in [0.3, 0.4) is 0 Å². The van der Waals surface area contributed by atoms with E-state index in [4.69, 9.17) is 11.6 Å². The number of pyridine rings is 1. The van der Waals surface area contributed by atoms with Gasteiger partial charge in [0.15, 0.2) is 0 Å². The van der Waals surface area contributed by atoms with Crippen LogP contribution in [0.2, 0.25) is 5.02 Å². The molecule has 0 bridgehead atoms. The number of nitrogens with zero attached hydrogens (tertiary/aromatic N) is 3. The summed E-state index contributed by atoms with van der Waals surface area (Å²) in [5.41, 5.74) is 1.35. The highest BCUT2D eigenvalue weighted by Gasteiger charge is 2.28. The van der Waals surface area contributed by atoms with Crippen LogP contribution in [0.25, 0.3) is 10.9 Å². The summed E-state index contributed by atoms with van der Waals surface area (Å²) >= 11 is 5.99. The Bertz CT molecular complexity index is 719. The number of hydrogen-bond donors (Lipinski definition) is 1. The Balaban J connectivity index is 1.92. The van der Waals surface area contributed by atoms with Crippen LogP contribution in [0.1, 0.15) is 18.4 Å². The van der Waals surface area contributed by atoms with Gasteiger partial charge in [0.1, 0.15) is 5.82 Å². The van der Waals surface area contributed by atoms with E-state index in [-0.39, 0.29) is 6.10 Å². The lowest BCUT2D eigenvalue weighted by molar-refractivity contribution is 0.0464. The fourth-order valence-electron chi connectivity index (χ4n) is 2.80. The maximum absolute atomic E-state index is 9.36. The fourth-order valence-corrected chi connectivity index (χ4v) is 2.97. The third kappa shape index (κ3) is 2.80. The Kier molecular flexibility index (Phi) is 3.71. The smallest absolute Gasteiger partial charge is 0.130 e. The molecule has 0 spiro atoms. The van der Waals surface area contributed by atoms with E-state index >= 15 is 0 Å². The van der Waals surface area contributed by atoms with Crippen molar-refractivity contribution in [3.05, 3.63) is 34.9 Å². The molecule has 0 radical (unpaired) electrons. The van der Waals surface area contributed by atoms with Crippen molar-refractivity contribution >= 4 is 28.3 Å². The number of benzene rings is 1. The lowest BCUT2D eigenvalue weighted by Gasteiger charge is -2.34. The van der Waals surface area contributed by atoms with Gasteiger partial charge in [0.2, 0.25) is 0 Å². The summed E-state index contributed by atoms with van der Waals surface area (Å²) < 4.78 is 0. The van der Waals surface area contributed by atoms with Crippen molar-refractivity contribution in [2.24, 2.45) is 5.92 Å². The molecule has 2 aromatic rings. The first-order chi connectivity index (χ1) is 10.1. The third-order valence-electron chi connectivity index (χ3n) is 4.01. The number of anilines is 1. The maximum atomic E-state index is 9.36. The Hall–Kier alpha value is -1.83. The van der Waals surface area contributed by atoms with E-state index in [1.165, 1.54) is 0 Å². The Morgan fingerprint density at radius 3 is 2.86 bits per heavy atom. The molecular weight excluding hydrogens is 286 g/mol. The average Bonchev–Trinajstić information content (AvgIpc) is 2.44. The van der Waals surface area contributed by atoms with Crippen molar-refractivity contribution in [1.82, 2.24) is 4.98 Å². The van der Waals surface area contributed by atoms with Gasteiger partial charge in [0.25, 0.3) is 0 Å². The molecule has 3 rings (SSSR count). The summed E-state index contributed by atoms with van der Waals surface area (Å²) in [6, 6.07) is 9.41. The van der Waals surface area contributed by atoms with Gasteiger partial charge in [-0.1, -0.05) is 11.6 Å². The predicted octanol–water partition coefficient (Wildman–Crippen LogP) is 2.97. The minimum Gasteiger partial charge on any atom is -0.393 e. The Morgan fingerprint density at radius 2 is 2.19 bits per heavy atom. The number of aromatic nitrogens is 1. The van der Waals surface area contributed by atoms with Gasteiger partial charge in [-0.3, -0.25) is 0 Å². The molecule has 0 amide bonds. The van der Waals surface area contributed by atoms with E-state index in [9.17, 15) is 10.4 Å². The molecule has 1 N–H and O–H groups in total. The summed E-state index contributed by atoms with van der Waals surface area (Å²) in [4.78, 5) is 6.66. The zero-order chi connectivity index (χ0) is 15.0. The van der Waals surface area contributed by atoms with Gasteiger partial charge in [-0.15, -0.1) is 0 Å². The molecule has 0 saturated heterocycles. The molecule has 1 aliphatic carbocycles. The van der Waals surface area contributed by atoms with Gasteiger partial charge in [-0.25, -0.2) is 4.98 Å². The minimum atomic E-state index is -0.148. The van der Waals surface area contributed by atoms with Gasteiger partial charge >= 0.3 is 0 Å². The molecule has 1 aromatic heterocycles. The zero-order valence-electron chi connectivity index (χ0n) is 11.8. The van der Waals surface area contributed by atoms with Crippen molar-refractivity contribution in [1.29, 1.82) is 5.26 Å². The molecular formula is C16H16ClN3O. The van der Waals surface area contributed by atoms with E-state index in [1.807, 2.05) is 18.0 Å². The number of fused-ring (bicyclic) bond motifs is 1. The van der Waals surface area contributed by atoms with Crippen LogP contribution < -0.4 is 4.90 Å². The molecule has 1 heterocycles. The highest BCUT2D eigenvalue weighted by molar-refractivity contribution is 6.31. The molecule has 108 valence electrons. The maximum Gasteiger partial charge on any atom is 0.130 e.